The molecule has 162 valence electrons. The summed E-state index contributed by atoms with van der Waals surface area (Å²) in [7, 11) is -3.87. The number of nitrogens with zero attached hydrogens (tertiary/aromatic N) is 2. The highest BCUT2D eigenvalue weighted by Crippen LogP contribution is 2.21. The summed E-state index contributed by atoms with van der Waals surface area (Å²) >= 11 is 11.7. The number of sulfonamides is 1. The van der Waals surface area contributed by atoms with E-state index < -0.39 is 15.9 Å². The van der Waals surface area contributed by atoms with Crippen LogP contribution in [0.15, 0.2) is 81.3 Å². The van der Waals surface area contributed by atoms with Gasteiger partial charge in [0, 0.05) is 23.0 Å². The molecule has 1 heterocycles. The molecular formula is C21H19Cl2N3O4S. The standard InChI is InChI=1S/C21H19Cl2N3O4S/c22-17-5-3-16(4-6-17)14-24-25-21(27)11-12-26(15-19-2-1-13-30-19)31(28,29)20-9-7-18(23)8-10-20/h1-10,13-14H,11-12,15H2,(H,25,27)/b24-14+. The van der Waals surface area contributed by atoms with Crippen molar-refractivity contribution < 1.29 is 17.6 Å². The second-order valence-corrected chi connectivity index (χ2v) is 9.28. The van der Waals surface area contributed by atoms with Gasteiger partial charge in [-0.3, -0.25) is 4.79 Å². The average Bonchev–Trinajstić information content (AvgIpc) is 3.26. The molecule has 2 aromatic carbocycles. The molecule has 1 aromatic heterocycles. The lowest BCUT2D eigenvalue weighted by Crippen LogP contribution is -2.34. The van der Waals surface area contributed by atoms with E-state index in [1.165, 1.54) is 41.0 Å². The van der Waals surface area contributed by atoms with Crippen LogP contribution in [0.2, 0.25) is 10.0 Å². The minimum absolute atomic E-state index is 0.0146. The normalized spacial score (nSPS) is 11.8. The van der Waals surface area contributed by atoms with Crippen molar-refractivity contribution in [3.8, 4) is 0 Å². The van der Waals surface area contributed by atoms with E-state index in [9.17, 15) is 13.2 Å². The quantitative estimate of drug-likeness (QED) is 0.365. The van der Waals surface area contributed by atoms with E-state index >= 15 is 0 Å². The lowest BCUT2D eigenvalue weighted by molar-refractivity contribution is -0.121. The monoisotopic (exact) mass is 479 g/mol. The SMILES string of the molecule is O=C(CCN(Cc1ccco1)S(=O)(=O)c1ccc(Cl)cc1)N/N=C/c1ccc(Cl)cc1. The summed E-state index contributed by atoms with van der Waals surface area (Å²) in [5, 5.41) is 4.91. The van der Waals surface area contributed by atoms with Crippen LogP contribution in [0.5, 0.6) is 0 Å². The second-order valence-electron chi connectivity index (χ2n) is 6.47. The molecule has 0 saturated carbocycles. The Labute approximate surface area is 190 Å². The number of furan rings is 1. The number of benzene rings is 2. The summed E-state index contributed by atoms with van der Waals surface area (Å²) in [4.78, 5) is 12.3. The molecule has 3 aromatic rings. The first-order valence-electron chi connectivity index (χ1n) is 9.20. The van der Waals surface area contributed by atoms with Gasteiger partial charge in [-0.05, 0) is 54.1 Å². The Bertz CT molecular complexity index is 1130. The number of carbonyl (C=O) groups excluding carboxylic acids is 1. The smallest absolute Gasteiger partial charge is 0.243 e. The van der Waals surface area contributed by atoms with Crippen molar-refractivity contribution in [3.63, 3.8) is 0 Å². The highest BCUT2D eigenvalue weighted by molar-refractivity contribution is 7.89. The van der Waals surface area contributed by atoms with Gasteiger partial charge in [0.2, 0.25) is 15.9 Å². The minimum Gasteiger partial charge on any atom is -0.468 e. The van der Waals surface area contributed by atoms with Gasteiger partial charge < -0.3 is 4.42 Å². The fraction of sp³-hybridized carbons (Fsp3) is 0.143. The Morgan fingerprint density at radius 1 is 1.03 bits per heavy atom. The molecule has 0 atom stereocenters. The summed E-state index contributed by atoms with van der Waals surface area (Å²) in [6.07, 6.45) is 2.84. The second kappa shape index (κ2) is 10.6. The lowest BCUT2D eigenvalue weighted by Gasteiger charge is -2.21. The van der Waals surface area contributed by atoms with Crippen LogP contribution in [0.25, 0.3) is 0 Å². The first-order chi connectivity index (χ1) is 14.8. The number of rotatable bonds is 9. The van der Waals surface area contributed by atoms with E-state index in [0.29, 0.717) is 15.8 Å². The number of hydrazone groups is 1. The molecule has 7 nitrogen and oxygen atoms in total. The summed E-state index contributed by atoms with van der Waals surface area (Å²) < 4.78 is 32.6. The van der Waals surface area contributed by atoms with Crippen molar-refractivity contribution in [2.75, 3.05) is 6.54 Å². The van der Waals surface area contributed by atoms with Gasteiger partial charge in [-0.1, -0.05) is 35.3 Å². The lowest BCUT2D eigenvalue weighted by atomic mass is 10.2. The maximum atomic E-state index is 13.1. The number of hydrogen-bond acceptors (Lipinski definition) is 5. The third kappa shape index (κ3) is 6.67. The van der Waals surface area contributed by atoms with Gasteiger partial charge in [0.05, 0.1) is 23.9 Å². The number of amides is 1. The molecule has 0 bridgehead atoms. The van der Waals surface area contributed by atoms with E-state index in [1.54, 1.807) is 36.4 Å². The van der Waals surface area contributed by atoms with Gasteiger partial charge in [-0.25, -0.2) is 13.8 Å². The Morgan fingerprint density at radius 2 is 1.68 bits per heavy atom. The van der Waals surface area contributed by atoms with Crippen molar-refractivity contribution in [3.05, 3.63) is 88.3 Å². The maximum absolute atomic E-state index is 13.1. The molecule has 0 radical (unpaired) electrons. The van der Waals surface area contributed by atoms with Crippen LogP contribution in [0.1, 0.15) is 17.7 Å². The predicted molar refractivity (Wildman–Crippen MR) is 120 cm³/mol. The van der Waals surface area contributed by atoms with Gasteiger partial charge in [0.1, 0.15) is 5.76 Å². The van der Waals surface area contributed by atoms with Crippen molar-refractivity contribution in [1.82, 2.24) is 9.73 Å². The topological polar surface area (TPSA) is 92.0 Å². The zero-order valence-electron chi connectivity index (χ0n) is 16.2. The van der Waals surface area contributed by atoms with Crippen molar-refractivity contribution in [2.45, 2.75) is 17.9 Å². The van der Waals surface area contributed by atoms with Crippen molar-refractivity contribution in [1.29, 1.82) is 0 Å². The molecule has 0 saturated heterocycles. The molecule has 1 N–H and O–H groups in total. The third-order valence-electron chi connectivity index (χ3n) is 4.22. The van der Waals surface area contributed by atoms with Gasteiger partial charge in [0.15, 0.2) is 0 Å². The molecule has 3 rings (SSSR count). The van der Waals surface area contributed by atoms with Crippen LogP contribution >= 0.6 is 23.2 Å². The van der Waals surface area contributed by atoms with E-state index in [1.807, 2.05) is 0 Å². The Kier molecular flexibility index (Phi) is 7.86. The fourth-order valence-corrected chi connectivity index (χ4v) is 4.28. The number of halogens is 2. The zero-order valence-corrected chi connectivity index (χ0v) is 18.6. The highest BCUT2D eigenvalue weighted by Gasteiger charge is 2.26. The van der Waals surface area contributed by atoms with Crippen LogP contribution < -0.4 is 5.43 Å². The molecule has 0 aliphatic rings. The van der Waals surface area contributed by atoms with Crippen LogP contribution in [-0.2, 0) is 21.4 Å². The molecule has 0 spiro atoms. The van der Waals surface area contributed by atoms with Crippen LogP contribution in [0, 0.1) is 0 Å². The van der Waals surface area contributed by atoms with Crippen molar-refractivity contribution in [2.24, 2.45) is 5.10 Å². The van der Waals surface area contributed by atoms with E-state index in [0.717, 1.165) is 5.56 Å². The van der Waals surface area contributed by atoms with E-state index in [2.05, 4.69) is 10.5 Å². The van der Waals surface area contributed by atoms with Crippen LogP contribution in [0.3, 0.4) is 0 Å². The molecule has 31 heavy (non-hydrogen) atoms. The van der Waals surface area contributed by atoms with Crippen LogP contribution in [0.4, 0.5) is 0 Å². The number of hydrogen-bond donors (Lipinski definition) is 1. The summed E-state index contributed by atoms with van der Waals surface area (Å²) in [6.45, 7) is -0.0762. The molecule has 0 fully saturated rings. The first kappa shape index (κ1) is 23.0. The van der Waals surface area contributed by atoms with E-state index in [-0.39, 0.29) is 24.4 Å². The average molecular weight is 480 g/mol. The summed E-state index contributed by atoms with van der Waals surface area (Å²) in [5.41, 5.74) is 3.15. The van der Waals surface area contributed by atoms with Gasteiger partial charge in [0.25, 0.3) is 0 Å². The van der Waals surface area contributed by atoms with E-state index in [4.69, 9.17) is 27.6 Å². The maximum Gasteiger partial charge on any atom is 0.243 e. The molecule has 0 unspecified atom stereocenters. The largest absolute Gasteiger partial charge is 0.468 e. The Hall–Kier alpha value is -2.65. The Balaban J connectivity index is 1.66. The molecule has 1 amide bonds. The number of nitrogens with one attached hydrogen (secondary N) is 1. The van der Waals surface area contributed by atoms with Gasteiger partial charge in [-0.2, -0.15) is 9.41 Å². The zero-order chi connectivity index (χ0) is 22.3. The summed E-state index contributed by atoms with van der Waals surface area (Å²) in [5.74, 6) is 0.0275. The highest BCUT2D eigenvalue weighted by atomic mass is 35.5. The fourth-order valence-electron chi connectivity index (χ4n) is 2.63. The first-order valence-corrected chi connectivity index (χ1v) is 11.4. The number of carbonyl (C=O) groups is 1. The molecule has 10 heteroatoms. The minimum atomic E-state index is -3.87. The molecule has 0 aliphatic heterocycles. The Morgan fingerprint density at radius 3 is 2.29 bits per heavy atom. The van der Waals surface area contributed by atoms with Gasteiger partial charge >= 0.3 is 0 Å². The van der Waals surface area contributed by atoms with Gasteiger partial charge in [-0.15, -0.1) is 0 Å². The molecular weight excluding hydrogens is 461 g/mol. The molecule has 0 aliphatic carbocycles. The third-order valence-corrected chi connectivity index (χ3v) is 6.59. The van der Waals surface area contributed by atoms with Crippen LogP contribution in [-0.4, -0.2) is 31.4 Å². The predicted octanol–water partition coefficient (Wildman–Crippen LogP) is 4.32. The van der Waals surface area contributed by atoms with Crippen molar-refractivity contribution >= 4 is 45.3 Å². The summed E-state index contributed by atoms with van der Waals surface area (Å²) in [6, 6.07) is 16.1.